The average Bonchev–Trinajstić information content (AvgIpc) is 3.28. The molecule has 0 bridgehead atoms. The number of esters is 1. The lowest BCUT2D eigenvalue weighted by molar-refractivity contribution is -0.147. The molecule has 2 N–H and O–H groups in total. The zero-order chi connectivity index (χ0) is 45.8. The fourth-order valence-electron chi connectivity index (χ4n) is 7.62. The molecular formula is C57H96N2O4. The highest BCUT2D eigenvalue weighted by Crippen LogP contribution is 2.14. The van der Waals surface area contributed by atoms with Gasteiger partial charge in [0.25, 0.3) is 0 Å². The predicted molar refractivity (Wildman–Crippen MR) is 269 cm³/mol. The van der Waals surface area contributed by atoms with E-state index in [-0.39, 0.29) is 18.4 Å². The van der Waals surface area contributed by atoms with Gasteiger partial charge in [0.2, 0.25) is 11.8 Å². The summed E-state index contributed by atoms with van der Waals surface area (Å²) >= 11 is 0. The summed E-state index contributed by atoms with van der Waals surface area (Å²) in [6, 6.07) is -0.682. The van der Waals surface area contributed by atoms with Crippen molar-refractivity contribution < 1.29 is 19.1 Å². The summed E-state index contributed by atoms with van der Waals surface area (Å²) in [7, 11) is 0. The van der Waals surface area contributed by atoms with E-state index < -0.39 is 12.0 Å². The molecule has 1 atom stereocenters. The summed E-state index contributed by atoms with van der Waals surface area (Å²) in [5, 5.41) is 5.86. The van der Waals surface area contributed by atoms with Crippen molar-refractivity contribution in [3.05, 3.63) is 0 Å². The highest BCUT2D eigenvalue weighted by Gasteiger charge is 2.21. The van der Waals surface area contributed by atoms with Crippen LogP contribution in [-0.2, 0) is 19.1 Å². The average molecular weight is 873 g/mol. The first-order valence-electron chi connectivity index (χ1n) is 26.7. The van der Waals surface area contributed by atoms with Crippen LogP contribution >= 0.6 is 0 Å². The first kappa shape index (κ1) is 59.6. The van der Waals surface area contributed by atoms with Gasteiger partial charge in [-0.25, -0.2) is 4.79 Å². The van der Waals surface area contributed by atoms with E-state index in [1.54, 1.807) is 6.92 Å². The Labute approximate surface area is 390 Å². The standard InChI is InChI=1S/C57H96N2O4/c1-4-7-9-11-13-15-17-19-21-23-25-27-29-31-33-35-37-39-41-43-45-47-51-55(60)58-53-49-50-54(57(62)63-6-3)59-56(61)52-48-46-44-42-40-38-36-34-32-30-28-26-24-22-20-18-16-14-12-10-8-5-2/h54H,4-26,35-53H2,1-3H3,(H,58,60)(H,59,61)/t54-/m0/s1. The largest absolute Gasteiger partial charge is 0.464 e. The highest BCUT2D eigenvalue weighted by atomic mass is 16.5. The lowest BCUT2D eigenvalue weighted by Crippen LogP contribution is -2.42. The molecule has 0 aromatic carbocycles. The summed E-state index contributed by atoms with van der Waals surface area (Å²) < 4.78 is 5.22. The molecule has 0 saturated heterocycles. The Morgan fingerprint density at radius 1 is 0.397 bits per heavy atom. The minimum Gasteiger partial charge on any atom is -0.464 e. The van der Waals surface area contributed by atoms with Crippen LogP contribution in [-0.4, -0.2) is 37.0 Å². The molecule has 0 saturated carbocycles. The van der Waals surface area contributed by atoms with Crippen LogP contribution in [0.25, 0.3) is 0 Å². The Balaban J connectivity index is 3.83. The van der Waals surface area contributed by atoms with E-state index in [2.05, 4.69) is 71.8 Å². The first-order chi connectivity index (χ1) is 31.0. The maximum atomic E-state index is 12.7. The normalized spacial score (nSPS) is 10.8. The Hall–Kier alpha value is -3.35. The molecule has 0 rings (SSSR count). The third-order valence-electron chi connectivity index (χ3n) is 11.6. The summed E-state index contributed by atoms with van der Waals surface area (Å²) in [6.07, 6.45) is 45.4. The summed E-state index contributed by atoms with van der Waals surface area (Å²) in [5.41, 5.74) is 0. The fourth-order valence-corrected chi connectivity index (χ4v) is 7.62. The van der Waals surface area contributed by atoms with Crippen LogP contribution < -0.4 is 10.6 Å². The van der Waals surface area contributed by atoms with E-state index in [4.69, 9.17) is 4.74 Å². The molecular weight excluding hydrogens is 777 g/mol. The van der Waals surface area contributed by atoms with Gasteiger partial charge in [0.15, 0.2) is 0 Å². The molecule has 0 aliphatic carbocycles. The van der Waals surface area contributed by atoms with Gasteiger partial charge in [0, 0.05) is 45.1 Å². The zero-order valence-electron chi connectivity index (χ0n) is 41.4. The van der Waals surface area contributed by atoms with Crippen molar-refractivity contribution in [1.82, 2.24) is 10.6 Å². The smallest absolute Gasteiger partial charge is 0.328 e. The number of unbranched alkanes of at least 4 members (excludes halogenated alkanes) is 32. The van der Waals surface area contributed by atoms with Gasteiger partial charge in [-0.05, 0) is 82.0 Å². The Morgan fingerprint density at radius 3 is 1.06 bits per heavy atom. The van der Waals surface area contributed by atoms with E-state index in [0.29, 0.717) is 32.2 Å². The molecule has 2 amide bonds. The lowest BCUT2D eigenvalue weighted by atomic mass is 10.1. The van der Waals surface area contributed by atoms with Crippen molar-refractivity contribution in [3.63, 3.8) is 0 Å². The minimum absolute atomic E-state index is 0.0449. The van der Waals surface area contributed by atoms with Gasteiger partial charge in [-0.1, -0.05) is 204 Å². The van der Waals surface area contributed by atoms with Crippen LogP contribution in [0.5, 0.6) is 0 Å². The first-order valence-corrected chi connectivity index (χ1v) is 26.7. The maximum absolute atomic E-state index is 12.7. The number of carbonyl (C=O) groups is 3. The van der Waals surface area contributed by atoms with Gasteiger partial charge in [-0.3, -0.25) is 9.59 Å². The molecule has 0 aliphatic rings. The quantitative estimate of drug-likeness (QED) is 0.0363. The molecule has 0 heterocycles. The van der Waals surface area contributed by atoms with Gasteiger partial charge in [-0.15, -0.1) is 0 Å². The molecule has 0 aromatic heterocycles. The van der Waals surface area contributed by atoms with E-state index in [0.717, 1.165) is 96.3 Å². The van der Waals surface area contributed by atoms with Crippen LogP contribution in [0.4, 0.5) is 0 Å². The minimum atomic E-state index is -0.682. The predicted octanol–water partition coefficient (Wildman–Crippen LogP) is 14.8. The number of nitrogens with one attached hydrogen (secondary N) is 2. The van der Waals surface area contributed by atoms with Crippen molar-refractivity contribution in [2.45, 2.75) is 284 Å². The van der Waals surface area contributed by atoms with Crippen molar-refractivity contribution >= 4 is 17.8 Å². The van der Waals surface area contributed by atoms with E-state index in [9.17, 15) is 14.4 Å². The zero-order valence-corrected chi connectivity index (χ0v) is 41.4. The van der Waals surface area contributed by atoms with Gasteiger partial charge in [0.1, 0.15) is 6.04 Å². The van der Waals surface area contributed by atoms with Gasteiger partial charge in [0.05, 0.1) is 6.61 Å². The highest BCUT2D eigenvalue weighted by molar-refractivity contribution is 5.84. The molecule has 6 nitrogen and oxygen atoms in total. The second-order valence-corrected chi connectivity index (χ2v) is 17.7. The molecule has 6 heteroatoms. The summed E-state index contributed by atoms with van der Waals surface area (Å²) in [5.74, 6) is 24.4. The molecule has 0 aromatic rings. The van der Waals surface area contributed by atoms with Crippen molar-refractivity contribution in [3.8, 4) is 47.4 Å². The van der Waals surface area contributed by atoms with Crippen LogP contribution in [0.3, 0.4) is 0 Å². The Bertz CT molecular complexity index is 1330. The number of hydrogen-bond donors (Lipinski definition) is 2. The van der Waals surface area contributed by atoms with Crippen molar-refractivity contribution in [1.29, 1.82) is 0 Å². The number of carbonyl (C=O) groups excluding carboxylic acids is 3. The molecule has 63 heavy (non-hydrogen) atoms. The molecule has 0 radical (unpaired) electrons. The SMILES string of the molecule is CCCCCCCCCCCCC#CC#CCCCCCCCCC(=O)NCCC[C@H](NC(=O)CCCCCCCCC#CC#CCCCCCCCCCCCC)C(=O)OCC. The molecule has 0 fully saturated rings. The summed E-state index contributed by atoms with van der Waals surface area (Å²) in [4.78, 5) is 37.6. The monoisotopic (exact) mass is 873 g/mol. The van der Waals surface area contributed by atoms with Crippen LogP contribution in [0.1, 0.15) is 278 Å². The van der Waals surface area contributed by atoms with Crippen molar-refractivity contribution in [2.75, 3.05) is 13.2 Å². The maximum Gasteiger partial charge on any atom is 0.328 e. The second-order valence-electron chi connectivity index (χ2n) is 17.7. The van der Waals surface area contributed by atoms with E-state index in [1.807, 2.05) is 0 Å². The van der Waals surface area contributed by atoms with Gasteiger partial charge >= 0.3 is 5.97 Å². The van der Waals surface area contributed by atoms with Gasteiger partial charge in [-0.2, -0.15) is 0 Å². The lowest BCUT2D eigenvalue weighted by Gasteiger charge is -2.17. The second kappa shape index (κ2) is 51.3. The number of rotatable bonds is 43. The van der Waals surface area contributed by atoms with Crippen LogP contribution in [0.15, 0.2) is 0 Å². The molecule has 0 aliphatic heterocycles. The number of ether oxygens (including phenoxy) is 1. The van der Waals surface area contributed by atoms with Crippen molar-refractivity contribution in [2.24, 2.45) is 0 Å². The Kier molecular flexibility index (Phi) is 48.6. The van der Waals surface area contributed by atoms with Crippen LogP contribution in [0.2, 0.25) is 0 Å². The number of amides is 2. The topological polar surface area (TPSA) is 84.5 Å². The molecule has 0 spiro atoms. The van der Waals surface area contributed by atoms with Crippen LogP contribution in [0, 0.1) is 47.4 Å². The van der Waals surface area contributed by atoms with E-state index in [1.165, 1.54) is 135 Å². The number of hydrogen-bond acceptors (Lipinski definition) is 4. The molecule has 358 valence electrons. The van der Waals surface area contributed by atoms with E-state index >= 15 is 0 Å². The fraction of sp³-hybridized carbons (Fsp3) is 0.807. The Morgan fingerprint density at radius 2 is 0.714 bits per heavy atom. The summed E-state index contributed by atoms with van der Waals surface area (Å²) in [6.45, 7) is 7.06. The van der Waals surface area contributed by atoms with Gasteiger partial charge < -0.3 is 15.4 Å². The molecule has 0 unspecified atom stereocenters. The third kappa shape index (κ3) is 48.0. The third-order valence-corrected chi connectivity index (χ3v) is 11.6.